The number of benzene rings is 1. The molecule has 3 rings (SSSR count). The third-order valence-corrected chi connectivity index (χ3v) is 3.54. The van der Waals surface area contributed by atoms with Crippen molar-refractivity contribution in [2.45, 2.75) is 13.3 Å². The monoisotopic (exact) mass is 323 g/mol. The fourth-order valence-electron chi connectivity index (χ4n) is 2.27. The van der Waals surface area contributed by atoms with E-state index in [9.17, 15) is 4.79 Å². The van der Waals surface area contributed by atoms with E-state index in [0.717, 1.165) is 0 Å². The van der Waals surface area contributed by atoms with Gasteiger partial charge in [-0.3, -0.25) is 4.79 Å². The molecule has 0 radical (unpaired) electrons. The highest BCUT2D eigenvalue weighted by molar-refractivity contribution is 5.93. The molecular formula is C17H17N5O2. The van der Waals surface area contributed by atoms with E-state index in [-0.39, 0.29) is 0 Å². The number of nitrogens with zero attached hydrogens (tertiary/aromatic N) is 4. The first-order valence-corrected chi connectivity index (χ1v) is 7.49. The maximum Gasteiger partial charge on any atom is 0.248 e. The minimum atomic E-state index is -0.489. The van der Waals surface area contributed by atoms with Gasteiger partial charge in [0.05, 0.1) is 19.0 Å². The second-order valence-electron chi connectivity index (χ2n) is 5.11. The van der Waals surface area contributed by atoms with Crippen LogP contribution in [0.3, 0.4) is 0 Å². The molecule has 0 atom stereocenters. The van der Waals surface area contributed by atoms with E-state index in [1.165, 1.54) is 0 Å². The molecule has 1 amide bonds. The number of hydrogen-bond donors (Lipinski definition) is 1. The molecule has 2 aromatic heterocycles. The SMILES string of the molecule is CCc1nc(-c2ccc(OC)cn2)n(-c2cccc(C(N)=O)c2)n1. The van der Waals surface area contributed by atoms with Crippen molar-refractivity contribution < 1.29 is 9.53 Å². The number of amides is 1. The molecule has 0 aliphatic rings. The summed E-state index contributed by atoms with van der Waals surface area (Å²) in [5.74, 6) is 1.45. The maximum atomic E-state index is 11.4. The van der Waals surface area contributed by atoms with Crippen molar-refractivity contribution in [3.8, 4) is 23.0 Å². The molecule has 24 heavy (non-hydrogen) atoms. The number of methoxy groups -OCH3 is 1. The molecule has 0 aliphatic heterocycles. The second-order valence-corrected chi connectivity index (χ2v) is 5.11. The second kappa shape index (κ2) is 6.49. The molecule has 0 fully saturated rings. The predicted molar refractivity (Wildman–Crippen MR) is 89.0 cm³/mol. The Bertz CT molecular complexity index is 871. The Morgan fingerprint density at radius 2 is 2.12 bits per heavy atom. The van der Waals surface area contributed by atoms with Crippen molar-refractivity contribution in [3.05, 3.63) is 54.0 Å². The molecule has 0 unspecified atom stereocenters. The van der Waals surface area contributed by atoms with Crippen molar-refractivity contribution in [1.82, 2.24) is 19.7 Å². The Hall–Kier alpha value is -3.22. The Balaban J connectivity index is 2.12. The zero-order chi connectivity index (χ0) is 17.1. The first-order valence-electron chi connectivity index (χ1n) is 7.49. The molecule has 122 valence electrons. The molecule has 7 nitrogen and oxygen atoms in total. The van der Waals surface area contributed by atoms with Crippen LogP contribution >= 0.6 is 0 Å². The largest absolute Gasteiger partial charge is 0.495 e. The Morgan fingerprint density at radius 1 is 1.29 bits per heavy atom. The van der Waals surface area contributed by atoms with Crippen molar-refractivity contribution in [2.24, 2.45) is 5.73 Å². The summed E-state index contributed by atoms with van der Waals surface area (Å²) in [6.07, 6.45) is 2.31. The molecule has 7 heteroatoms. The average Bonchev–Trinajstić information content (AvgIpc) is 3.06. The molecule has 0 saturated heterocycles. The first-order chi connectivity index (χ1) is 11.6. The molecular weight excluding hydrogens is 306 g/mol. The van der Waals surface area contributed by atoms with Crippen LogP contribution in [0.4, 0.5) is 0 Å². The van der Waals surface area contributed by atoms with Gasteiger partial charge in [0, 0.05) is 12.0 Å². The Morgan fingerprint density at radius 3 is 2.75 bits per heavy atom. The summed E-state index contributed by atoms with van der Waals surface area (Å²) < 4.78 is 6.80. The summed E-state index contributed by atoms with van der Waals surface area (Å²) >= 11 is 0. The van der Waals surface area contributed by atoms with Gasteiger partial charge in [0.15, 0.2) is 11.6 Å². The van der Waals surface area contributed by atoms with Gasteiger partial charge in [0.2, 0.25) is 5.91 Å². The van der Waals surface area contributed by atoms with Gasteiger partial charge in [-0.2, -0.15) is 5.10 Å². The highest BCUT2D eigenvalue weighted by atomic mass is 16.5. The maximum absolute atomic E-state index is 11.4. The van der Waals surface area contributed by atoms with Crippen LogP contribution in [0.25, 0.3) is 17.2 Å². The zero-order valence-corrected chi connectivity index (χ0v) is 13.4. The van der Waals surface area contributed by atoms with Crippen LogP contribution in [0.5, 0.6) is 5.75 Å². The van der Waals surface area contributed by atoms with E-state index in [2.05, 4.69) is 15.1 Å². The number of carbonyl (C=O) groups is 1. The van der Waals surface area contributed by atoms with E-state index in [0.29, 0.717) is 40.8 Å². The molecule has 2 heterocycles. The molecule has 0 aliphatic carbocycles. The van der Waals surface area contributed by atoms with Crippen LogP contribution in [0.2, 0.25) is 0 Å². The van der Waals surface area contributed by atoms with Gasteiger partial charge in [0.25, 0.3) is 0 Å². The van der Waals surface area contributed by atoms with Crippen LogP contribution in [0, 0.1) is 0 Å². The molecule has 0 saturated carbocycles. The van der Waals surface area contributed by atoms with Gasteiger partial charge in [0.1, 0.15) is 11.4 Å². The van der Waals surface area contributed by atoms with Crippen LogP contribution in [0.1, 0.15) is 23.1 Å². The first kappa shape index (κ1) is 15.7. The minimum Gasteiger partial charge on any atom is -0.495 e. The van der Waals surface area contributed by atoms with Crippen LogP contribution < -0.4 is 10.5 Å². The Kier molecular flexibility index (Phi) is 4.24. The van der Waals surface area contributed by atoms with Crippen LogP contribution in [0.15, 0.2) is 42.6 Å². The van der Waals surface area contributed by atoms with E-state index < -0.39 is 5.91 Å². The average molecular weight is 323 g/mol. The summed E-state index contributed by atoms with van der Waals surface area (Å²) in [7, 11) is 1.59. The molecule has 1 aromatic carbocycles. The van der Waals surface area contributed by atoms with Crippen molar-refractivity contribution >= 4 is 5.91 Å². The molecule has 0 spiro atoms. The lowest BCUT2D eigenvalue weighted by atomic mass is 10.2. The number of carbonyl (C=O) groups excluding carboxylic acids is 1. The van der Waals surface area contributed by atoms with Gasteiger partial charge in [-0.15, -0.1) is 0 Å². The van der Waals surface area contributed by atoms with Crippen molar-refractivity contribution in [3.63, 3.8) is 0 Å². The van der Waals surface area contributed by atoms with Crippen molar-refractivity contribution in [2.75, 3.05) is 7.11 Å². The van der Waals surface area contributed by atoms with Gasteiger partial charge < -0.3 is 10.5 Å². The number of ether oxygens (including phenoxy) is 1. The molecule has 0 bridgehead atoms. The number of aryl methyl sites for hydroxylation is 1. The normalized spacial score (nSPS) is 10.6. The highest BCUT2D eigenvalue weighted by Crippen LogP contribution is 2.22. The van der Waals surface area contributed by atoms with E-state index >= 15 is 0 Å². The summed E-state index contributed by atoms with van der Waals surface area (Å²) in [5.41, 5.74) is 7.13. The van der Waals surface area contributed by atoms with Crippen molar-refractivity contribution in [1.29, 1.82) is 0 Å². The van der Waals surface area contributed by atoms with Gasteiger partial charge in [-0.25, -0.2) is 14.6 Å². The zero-order valence-electron chi connectivity index (χ0n) is 13.4. The molecule has 3 aromatic rings. The smallest absolute Gasteiger partial charge is 0.248 e. The lowest BCUT2D eigenvalue weighted by Crippen LogP contribution is -2.11. The number of hydrogen-bond acceptors (Lipinski definition) is 5. The number of pyridine rings is 1. The quantitative estimate of drug-likeness (QED) is 0.774. The fraction of sp³-hybridized carbons (Fsp3) is 0.176. The van der Waals surface area contributed by atoms with Gasteiger partial charge in [-0.05, 0) is 30.3 Å². The third-order valence-electron chi connectivity index (χ3n) is 3.54. The summed E-state index contributed by atoms with van der Waals surface area (Å²) in [6.45, 7) is 1.98. The third kappa shape index (κ3) is 2.96. The van der Waals surface area contributed by atoms with Gasteiger partial charge >= 0.3 is 0 Å². The lowest BCUT2D eigenvalue weighted by molar-refractivity contribution is 0.1000. The standard InChI is InChI=1S/C17H17N5O2/c1-3-15-20-17(14-8-7-13(24-2)10-19-14)22(21-15)12-6-4-5-11(9-12)16(18)23/h4-10H,3H2,1-2H3,(H2,18,23). The predicted octanol–water partition coefficient (Wildman–Crippen LogP) is 2.00. The number of nitrogens with two attached hydrogens (primary N) is 1. The van der Waals surface area contributed by atoms with Gasteiger partial charge in [-0.1, -0.05) is 13.0 Å². The van der Waals surface area contributed by atoms with Crippen LogP contribution in [-0.2, 0) is 6.42 Å². The Labute approximate surface area is 139 Å². The summed E-state index contributed by atoms with van der Waals surface area (Å²) in [5, 5.41) is 4.50. The van der Waals surface area contributed by atoms with E-state index in [1.54, 1.807) is 36.2 Å². The number of aromatic nitrogens is 4. The lowest BCUT2D eigenvalue weighted by Gasteiger charge is -2.07. The minimum absolute atomic E-state index is 0.412. The highest BCUT2D eigenvalue weighted by Gasteiger charge is 2.15. The summed E-state index contributed by atoms with van der Waals surface area (Å²) in [4.78, 5) is 20.3. The molecule has 2 N–H and O–H groups in total. The number of primary amides is 1. The van der Waals surface area contributed by atoms with Crippen LogP contribution in [-0.4, -0.2) is 32.8 Å². The van der Waals surface area contributed by atoms with E-state index in [4.69, 9.17) is 10.5 Å². The summed E-state index contributed by atoms with van der Waals surface area (Å²) in [6, 6.07) is 10.6. The van der Waals surface area contributed by atoms with E-state index in [1.807, 2.05) is 25.1 Å². The number of rotatable bonds is 5. The fourth-order valence-corrected chi connectivity index (χ4v) is 2.27. The topological polar surface area (TPSA) is 95.9 Å².